The summed E-state index contributed by atoms with van der Waals surface area (Å²) >= 11 is 0. The predicted molar refractivity (Wildman–Crippen MR) is 74.5 cm³/mol. The first-order chi connectivity index (χ1) is 9.58. The van der Waals surface area contributed by atoms with Crippen LogP contribution in [-0.2, 0) is 9.53 Å². The second kappa shape index (κ2) is 6.33. The molecule has 3 unspecified atom stereocenters. The van der Waals surface area contributed by atoms with Gasteiger partial charge in [0.05, 0.1) is 18.7 Å². The minimum atomic E-state index is -0.276. The summed E-state index contributed by atoms with van der Waals surface area (Å²) in [7, 11) is 1.63. The van der Waals surface area contributed by atoms with Crippen LogP contribution in [0, 0.1) is 5.82 Å². The highest BCUT2D eigenvalue weighted by molar-refractivity contribution is 5.84. The van der Waals surface area contributed by atoms with Gasteiger partial charge in [-0.1, -0.05) is 19.1 Å². The number of methoxy groups -OCH3 is 1. The monoisotopic (exact) mass is 280 g/mol. The zero-order valence-corrected chi connectivity index (χ0v) is 12.1. The maximum absolute atomic E-state index is 13.0. The number of carbonyl (C=O) groups is 1. The fourth-order valence-corrected chi connectivity index (χ4v) is 2.62. The van der Waals surface area contributed by atoms with E-state index in [9.17, 15) is 9.18 Å². The standard InChI is InChI=1S/C15H21FN2O2/c1-4-13(9-20-3)18-14(17-10(2)15(18)19)11-5-7-12(16)8-6-11/h5-8,10,13-14,17H,4,9H2,1-3H3. The van der Waals surface area contributed by atoms with Crippen molar-refractivity contribution in [3.63, 3.8) is 0 Å². The van der Waals surface area contributed by atoms with Gasteiger partial charge in [-0.15, -0.1) is 0 Å². The van der Waals surface area contributed by atoms with E-state index in [4.69, 9.17) is 4.74 Å². The summed E-state index contributed by atoms with van der Waals surface area (Å²) in [6.45, 7) is 4.37. The molecule has 5 heteroatoms. The maximum atomic E-state index is 13.0. The first-order valence-electron chi connectivity index (χ1n) is 6.91. The smallest absolute Gasteiger partial charge is 0.241 e. The van der Waals surface area contributed by atoms with Gasteiger partial charge < -0.3 is 9.64 Å². The van der Waals surface area contributed by atoms with E-state index in [1.807, 2.05) is 18.7 Å². The largest absolute Gasteiger partial charge is 0.383 e. The Morgan fingerprint density at radius 3 is 2.60 bits per heavy atom. The molecule has 1 aliphatic rings. The Morgan fingerprint density at radius 2 is 2.05 bits per heavy atom. The fourth-order valence-electron chi connectivity index (χ4n) is 2.62. The van der Waals surface area contributed by atoms with Crippen LogP contribution in [0.25, 0.3) is 0 Å². The summed E-state index contributed by atoms with van der Waals surface area (Å²) in [6, 6.07) is 6.03. The summed E-state index contributed by atoms with van der Waals surface area (Å²) in [5, 5.41) is 3.26. The van der Waals surface area contributed by atoms with Crippen molar-refractivity contribution in [3.05, 3.63) is 35.6 Å². The molecule has 3 atom stereocenters. The Balaban J connectivity index is 2.29. The first-order valence-corrected chi connectivity index (χ1v) is 6.91. The third-order valence-corrected chi connectivity index (χ3v) is 3.72. The lowest BCUT2D eigenvalue weighted by Gasteiger charge is -2.32. The molecule has 2 rings (SSSR count). The Morgan fingerprint density at radius 1 is 1.40 bits per heavy atom. The predicted octanol–water partition coefficient (Wildman–Crippen LogP) is 2.07. The number of benzene rings is 1. The van der Waals surface area contributed by atoms with E-state index >= 15 is 0 Å². The van der Waals surface area contributed by atoms with Gasteiger partial charge in [0.2, 0.25) is 5.91 Å². The molecule has 1 aromatic carbocycles. The molecule has 110 valence electrons. The molecule has 4 nitrogen and oxygen atoms in total. The Labute approximate surface area is 118 Å². The molecule has 0 bridgehead atoms. The normalized spacial score (nSPS) is 24.2. The zero-order valence-electron chi connectivity index (χ0n) is 12.1. The van der Waals surface area contributed by atoms with E-state index in [0.29, 0.717) is 6.61 Å². The molecule has 1 heterocycles. The molecule has 1 amide bonds. The second-order valence-electron chi connectivity index (χ2n) is 5.11. The van der Waals surface area contributed by atoms with Crippen LogP contribution in [0.1, 0.15) is 32.0 Å². The number of amides is 1. The molecule has 0 aromatic heterocycles. The molecular weight excluding hydrogens is 259 g/mol. The summed E-state index contributed by atoms with van der Waals surface area (Å²) in [4.78, 5) is 14.2. The summed E-state index contributed by atoms with van der Waals surface area (Å²) in [6.07, 6.45) is 0.587. The average Bonchev–Trinajstić information content (AvgIpc) is 2.73. The number of carbonyl (C=O) groups excluding carboxylic acids is 1. The number of hydrogen-bond donors (Lipinski definition) is 1. The molecule has 1 aromatic rings. The highest BCUT2D eigenvalue weighted by atomic mass is 19.1. The van der Waals surface area contributed by atoms with Crippen LogP contribution >= 0.6 is 0 Å². The SMILES string of the molecule is CCC(COC)N1C(=O)C(C)NC1c1ccc(F)cc1. The lowest BCUT2D eigenvalue weighted by atomic mass is 10.1. The minimum Gasteiger partial charge on any atom is -0.383 e. The van der Waals surface area contributed by atoms with Gasteiger partial charge in [0.25, 0.3) is 0 Å². The molecule has 0 spiro atoms. The molecule has 0 saturated carbocycles. The maximum Gasteiger partial charge on any atom is 0.241 e. The third kappa shape index (κ3) is 2.83. The van der Waals surface area contributed by atoms with Crippen LogP contribution in [0.3, 0.4) is 0 Å². The van der Waals surface area contributed by atoms with E-state index in [2.05, 4.69) is 5.32 Å². The molecule has 20 heavy (non-hydrogen) atoms. The van der Waals surface area contributed by atoms with Crippen molar-refractivity contribution in [2.24, 2.45) is 0 Å². The van der Waals surface area contributed by atoms with Crippen molar-refractivity contribution >= 4 is 5.91 Å². The van der Waals surface area contributed by atoms with Crippen molar-refractivity contribution in [3.8, 4) is 0 Å². The van der Waals surface area contributed by atoms with E-state index in [1.165, 1.54) is 12.1 Å². The van der Waals surface area contributed by atoms with Gasteiger partial charge in [-0.2, -0.15) is 0 Å². The van der Waals surface area contributed by atoms with Crippen molar-refractivity contribution in [2.45, 2.75) is 38.5 Å². The number of halogens is 1. The lowest BCUT2D eigenvalue weighted by Crippen LogP contribution is -2.42. The number of nitrogens with zero attached hydrogens (tertiary/aromatic N) is 1. The van der Waals surface area contributed by atoms with Crippen molar-refractivity contribution in [1.29, 1.82) is 0 Å². The van der Waals surface area contributed by atoms with Crippen molar-refractivity contribution < 1.29 is 13.9 Å². The zero-order chi connectivity index (χ0) is 14.7. The minimum absolute atomic E-state index is 0.0139. The van der Waals surface area contributed by atoms with Gasteiger partial charge in [-0.05, 0) is 31.0 Å². The summed E-state index contributed by atoms with van der Waals surface area (Å²) < 4.78 is 18.3. The second-order valence-corrected chi connectivity index (χ2v) is 5.11. The van der Waals surface area contributed by atoms with Crippen molar-refractivity contribution in [1.82, 2.24) is 10.2 Å². The Kier molecular flexibility index (Phi) is 4.73. The van der Waals surface area contributed by atoms with Crippen LogP contribution < -0.4 is 5.32 Å². The number of rotatable bonds is 5. The fraction of sp³-hybridized carbons (Fsp3) is 0.533. The molecule has 0 aliphatic carbocycles. The van der Waals surface area contributed by atoms with Crippen LogP contribution in [-0.4, -0.2) is 36.6 Å². The van der Waals surface area contributed by atoms with Crippen molar-refractivity contribution in [2.75, 3.05) is 13.7 Å². The summed E-state index contributed by atoms with van der Waals surface area (Å²) in [5.41, 5.74) is 0.888. The van der Waals surface area contributed by atoms with E-state index in [0.717, 1.165) is 12.0 Å². The Bertz CT molecular complexity index is 463. The molecule has 1 fully saturated rings. The lowest BCUT2D eigenvalue weighted by molar-refractivity contribution is -0.133. The van der Waals surface area contributed by atoms with Crippen LogP contribution in [0.4, 0.5) is 4.39 Å². The summed E-state index contributed by atoms with van der Waals surface area (Å²) in [5.74, 6) is -0.218. The quantitative estimate of drug-likeness (QED) is 0.897. The van der Waals surface area contributed by atoms with Crippen LogP contribution in [0.15, 0.2) is 24.3 Å². The van der Waals surface area contributed by atoms with Gasteiger partial charge in [0.1, 0.15) is 12.0 Å². The topological polar surface area (TPSA) is 41.6 Å². The average molecular weight is 280 g/mol. The van der Waals surface area contributed by atoms with Crippen LogP contribution in [0.5, 0.6) is 0 Å². The van der Waals surface area contributed by atoms with Gasteiger partial charge in [0.15, 0.2) is 0 Å². The van der Waals surface area contributed by atoms with Gasteiger partial charge in [-0.3, -0.25) is 10.1 Å². The molecule has 0 radical (unpaired) electrons. The molecular formula is C15H21FN2O2. The third-order valence-electron chi connectivity index (χ3n) is 3.72. The number of hydrogen-bond acceptors (Lipinski definition) is 3. The van der Waals surface area contributed by atoms with E-state index in [-0.39, 0.29) is 30.0 Å². The highest BCUT2D eigenvalue weighted by Gasteiger charge is 2.40. The number of nitrogens with one attached hydrogen (secondary N) is 1. The van der Waals surface area contributed by atoms with Gasteiger partial charge in [0, 0.05) is 7.11 Å². The van der Waals surface area contributed by atoms with E-state index < -0.39 is 0 Å². The van der Waals surface area contributed by atoms with Crippen LogP contribution in [0.2, 0.25) is 0 Å². The number of ether oxygens (including phenoxy) is 1. The Hall–Kier alpha value is -1.46. The van der Waals surface area contributed by atoms with Gasteiger partial charge in [-0.25, -0.2) is 4.39 Å². The molecule has 1 saturated heterocycles. The molecule has 1 N–H and O–H groups in total. The first kappa shape index (κ1) is 14.9. The molecule has 1 aliphatic heterocycles. The highest BCUT2D eigenvalue weighted by Crippen LogP contribution is 2.28. The van der Waals surface area contributed by atoms with E-state index in [1.54, 1.807) is 19.2 Å². The van der Waals surface area contributed by atoms with Gasteiger partial charge >= 0.3 is 0 Å².